The zero-order valence-corrected chi connectivity index (χ0v) is 13.4. The van der Waals surface area contributed by atoms with Crippen molar-refractivity contribution < 1.29 is 0 Å². The van der Waals surface area contributed by atoms with Crippen LogP contribution in [0, 0.1) is 6.92 Å². The van der Waals surface area contributed by atoms with Gasteiger partial charge in [0.15, 0.2) is 0 Å². The molecule has 3 rings (SSSR count). The van der Waals surface area contributed by atoms with E-state index in [0.29, 0.717) is 6.04 Å². The van der Waals surface area contributed by atoms with Crippen LogP contribution in [-0.2, 0) is 6.42 Å². The first kappa shape index (κ1) is 14.8. The molecule has 114 valence electrons. The molecule has 0 spiro atoms. The van der Waals surface area contributed by atoms with E-state index in [4.69, 9.17) is 10.9 Å². The fraction of sp³-hybridized carbons (Fsp3) is 0.562. The maximum Gasteiger partial charge on any atom is 0.0644 e. The summed E-state index contributed by atoms with van der Waals surface area (Å²) in [6, 6.07) is 7.19. The summed E-state index contributed by atoms with van der Waals surface area (Å²) < 4.78 is 2.17. The van der Waals surface area contributed by atoms with Crippen molar-refractivity contribution in [1.29, 1.82) is 0 Å². The van der Waals surface area contributed by atoms with Crippen LogP contribution in [-0.4, -0.2) is 9.78 Å². The molecule has 0 saturated heterocycles. The SMILES string of the molecule is Cc1ccc(C(Cc2ccn(C3CCCCC3)n2)NN)s1. The van der Waals surface area contributed by atoms with E-state index in [2.05, 4.69) is 41.4 Å². The molecule has 1 unspecified atom stereocenters. The van der Waals surface area contributed by atoms with Gasteiger partial charge in [-0.05, 0) is 38.0 Å². The lowest BCUT2D eigenvalue weighted by Gasteiger charge is -2.22. The Hall–Kier alpha value is -1.17. The Balaban J connectivity index is 1.68. The Bertz CT molecular complexity index is 568. The average molecular weight is 304 g/mol. The molecule has 2 heterocycles. The molecule has 0 bridgehead atoms. The van der Waals surface area contributed by atoms with Crippen LogP contribution in [0.15, 0.2) is 24.4 Å². The molecule has 0 aliphatic heterocycles. The third kappa shape index (κ3) is 3.54. The van der Waals surface area contributed by atoms with Gasteiger partial charge in [0.1, 0.15) is 0 Å². The summed E-state index contributed by atoms with van der Waals surface area (Å²) in [5.41, 5.74) is 4.05. The number of thiophene rings is 1. The van der Waals surface area contributed by atoms with Gasteiger partial charge < -0.3 is 0 Å². The Labute approximate surface area is 130 Å². The van der Waals surface area contributed by atoms with Gasteiger partial charge in [-0.1, -0.05) is 19.3 Å². The van der Waals surface area contributed by atoms with Gasteiger partial charge in [0.05, 0.1) is 17.8 Å². The molecule has 21 heavy (non-hydrogen) atoms. The van der Waals surface area contributed by atoms with Crippen molar-refractivity contribution in [3.63, 3.8) is 0 Å². The third-order valence-electron chi connectivity index (χ3n) is 4.33. The van der Waals surface area contributed by atoms with E-state index in [1.54, 1.807) is 11.3 Å². The number of hydrogen-bond donors (Lipinski definition) is 2. The number of nitrogens with two attached hydrogens (primary N) is 1. The van der Waals surface area contributed by atoms with Gasteiger partial charge in [0, 0.05) is 22.4 Å². The van der Waals surface area contributed by atoms with E-state index in [-0.39, 0.29) is 6.04 Å². The average Bonchev–Trinajstić information content (AvgIpc) is 3.15. The lowest BCUT2D eigenvalue weighted by Crippen LogP contribution is -2.29. The van der Waals surface area contributed by atoms with Crippen molar-refractivity contribution in [3.05, 3.63) is 39.8 Å². The fourth-order valence-corrected chi connectivity index (χ4v) is 4.06. The summed E-state index contributed by atoms with van der Waals surface area (Å²) in [4.78, 5) is 2.60. The third-order valence-corrected chi connectivity index (χ3v) is 5.45. The van der Waals surface area contributed by atoms with Gasteiger partial charge in [-0.3, -0.25) is 16.0 Å². The largest absolute Gasteiger partial charge is 0.271 e. The molecule has 1 fully saturated rings. The Morgan fingerprint density at radius 1 is 1.33 bits per heavy atom. The van der Waals surface area contributed by atoms with E-state index in [1.807, 2.05) is 0 Å². The smallest absolute Gasteiger partial charge is 0.0644 e. The molecule has 4 nitrogen and oxygen atoms in total. The zero-order chi connectivity index (χ0) is 14.7. The highest BCUT2D eigenvalue weighted by Crippen LogP contribution is 2.28. The minimum Gasteiger partial charge on any atom is -0.271 e. The summed E-state index contributed by atoms with van der Waals surface area (Å²) in [6.45, 7) is 2.12. The van der Waals surface area contributed by atoms with Crippen molar-refractivity contribution in [2.24, 2.45) is 5.84 Å². The first-order valence-corrected chi connectivity index (χ1v) is 8.64. The second-order valence-electron chi connectivity index (χ2n) is 5.95. The van der Waals surface area contributed by atoms with E-state index < -0.39 is 0 Å². The van der Waals surface area contributed by atoms with Gasteiger partial charge in [0.25, 0.3) is 0 Å². The van der Waals surface area contributed by atoms with Crippen LogP contribution in [0.2, 0.25) is 0 Å². The van der Waals surface area contributed by atoms with Crippen LogP contribution in [0.4, 0.5) is 0 Å². The van der Waals surface area contributed by atoms with Gasteiger partial charge in [-0.2, -0.15) is 5.10 Å². The highest BCUT2D eigenvalue weighted by molar-refractivity contribution is 7.12. The van der Waals surface area contributed by atoms with Gasteiger partial charge in [0.2, 0.25) is 0 Å². The summed E-state index contributed by atoms with van der Waals surface area (Å²) in [6.07, 6.45) is 9.56. The molecule has 0 aromatic carbocycles. The molecule has 5 heteroatoms. The van der Waals surface area contributed by atoms with Gasteiger partial charge in [-0.15, -0.1) is 11.3 Å². The molecule has 0 amide bonds. The van der Waals surface area contributed by atoms with Gasteiger partial charge in [-0.25, -0.2) is 0 Å². The molecule has 1 aliphatic carbocycles. The predicted octanol–water partition coefficient (Wildman–Crippen LogP) is 3.51. The van der Waals surface area contributed by atoms with Crippen LogP contribution in [0.25, 0.3) is 0 Å². The quantitative estimate of drug-likeness (QED) is 0.656. The summed E-state index contributed by atoms with van der Waals surface area (Å²) >= 11 is 1.80. The first-order chi connectivity index (χ1) is 10.3. The maximum atomic E-state index is 5.73. The number of aromatic nitrogens is 2. The van der Waals surface area contributed by atoms with E-state index in [0.717, 1.165) is 12.1 Å². The Morgan fingerprint density at radius 2 is 2.14 bits per heavy atom. The van der Waals surface area contributed by atoms with E-state index in [9.17, 15) is 0 Å². The lowest BCUT2D eigenvalue weighted by molar-refractivity contribution is 0.327. The maximum absolute atomic E-state index is 5.73. The molecule has 2 aromatic rings. The van der Waals surface area contributed by atoms with Crippen LogP contribution >= 0.6 is 11.3 Å². The zero-order valence-electron chi connectivity index (χ0n) is 12.6. The minimum atomic E-state index is 0.151. The number of hydrogen-bond acceptors (Lipinski definition) is 4. The van der Waals surface area contributed by atoms with Crippen LogP contribution in [0.5, 0.6) is 0 Å². The Morgan fingerprint density at radius 3 is 2.81 bits per heavy atom. The second kappa shape index (κ2) is 6.73. The van der Waals surface area contributed by atoms with Crippen LogP contribution in [0.1, 0.15) is 59.6 Å². The Kier molecular flexibility index (Phi) is 4.73. The summed E-state index contributed by atoms with van der Waals surface area (Å²) in [5, 5.41) is 4.78. The van der Waals surface area contributed by atoms with Crippen LogP contribution in [0.3, 0.4) is 0 Å². The van der Waals surface area contributed by atoms with Crippen molar-refractivity contribution in [2.75, 3.05) is 0 Å². The number of nitrogens with one attached hydrogen (secondary N) is 1. The fourth-order valence-electron chi connectivity index (χ4n) is 3.13. The number of rotatable bonds is 5. The van der Waals surface area contributed by atoms with Crippen molar-refractivity contribution in [3.8, 4) is 0 Å². The minimum absolute atomic E-state index is 0.151. The molecule has 2 aromatic heterocycles. The molecule has 1 aliphatic rings. The molecule has 1 atom stereocenters. The standard InChI is InChI=1S/C16H24N4S/c1-12-7-8-16(21-12)15(18-17)11-13-9-10-20(19-13)14-5-3-2-4-6-14/h7-10,14-15,18H,2-6,11,17H2,1H3. The van der Waals surface area contributed by atoms with Crippen molar-refractivity contribution in [1.82, 2.24) is 15.2 Å². The van der Waals surface area contributed by atoms with Crippen LogP contribution < -0.4 is 11.3 Å². The second-order valence-corrected chi connectivity index (χ2v) is 7.27. The molecular formula is C16H24N4S. The summed E-state index contributed by atoms with van der Waals surface area (Å²) in [7, 11) is 0. The van der Waals surface area contributed by atoms with E-state index in [1.165, 1.54) is 41.9 Å². The number of hydrazine groups is 1. The molecule has 3 N–H and O–H groups in total. The predicted molar refractivity (Wildman–Crippen MR) is 87.2 cm³/mol. The monoisotopic (exact) mass is 304 g/mol. The van der Waals surface area contributed by atoms with E-state index >= 15 is 0 Å². The number of nitrogens with zero attached hydrogens (tertiary/aromatic N) is 2. The van der Waals surface area contributed by atoms with Crippen molar-refractivity contribution >= 4 is 11.3 Å². The highest BCUT2D eigenvalue weighted by atomic mass is 32.1. The van der Waals surface area contributed by atoms with Gasteiger partial charge >= 0.3 is 0 Å². The normalized spacial score (nSPS) is 18.0. The lowest BCUT2D eigenvalue weighted by atomic mass is 9.96. The number of aryl methyl sites for hydroxylation is 1. The summed E-state index contributed by atoms with van der Waals surface area (Å²) in [5.74, 6) is 5.73. The molecular weight excluding hydrogens is 280 g/mol. The highest BCUT2D eigenvalue weighted by Gasteiger charge is 2.18. The first-order valence-electron chi connectivity index (χ1n) is 7.83. The van der Waals surface area contributed by atoms with Crippen molar-refractivity contribution in [2.45, 2.75) is 57.5 Å². The molecule has 1 saturated carbocycles. The molecule has 0 radical (unpaired) electrons. The topological polar surface area (TPSA) is 55.9 Å².